The van der Waals surface area contributed by atoms with Gasteiger partial charge in [0.05, 0.1) is 6.10 Å². The molecule has 0 saturated heterocycles. The molecule has 2 aromatic rings. The van der Waals surface area contributed by atoms with Crippen molar-refractivity contribution in [3.63, 3.8) is 0 Å². The van der Waals surface area contributed by atoms with Crippen molar-refractivity contribution in [2.24, 2.45) is 0 Å². The van der Waals surface area contributed by atoms with Crippen LogP contribution in [0.3, 0.4) is 0 Å². The summed E-state index contributed by atoms with van der Waals surface area (Å²) in [6.07, 6.45) is 3.30. The zero-order chi connectivity index (χ0) is 12.5. The standard InChI is InChI=1S/C16H13FO/c17-13-6-3-5-12(10-13)15-9-8-11-4-1-2-7-14(11)16(15)18/h1-10,15-16,18H. The average molecular weight is 240 g/mol. The van der Waals surface area contributed by atoms with Gasteiger partial charge in [-0.2, -0.15) is 0 Å². The van der Waals surface area contributed by atoms with E-state index in [1.807, 2.05) is 42.5 Å². The lowest BCUT2D eigenvalue weighted by molar-refractivity contribution is 0.160. The second-order valence-electron chi connectivity index (χ2n) is 4.51. The van der Waals surface area contributed by atoms with Crippen LogP contribution in [0, 0.1) is 5.82 Å². The number of aliphatic hydroxyl groups excluding tert-OH is 1. The number of benzene rings is 2. The maximum Gasteiger partial charge on any atom is 0.123 e. The molecule has 1 N–H and O–H groups in total. The van der Waals surface area contributed by atoms with Crippen LogP contribution in [0.5, 0.6) is 0 Å². The third kappa shape index (κ3) is 1.85. The average Bonchev–Trinajstić information content (AvgIpc) is 2.39. The summed E-state index contributed by atoms with van der Waals surface area (Å²) in [4.78, 5) is 0. The number of aliphatic hydroxyl groups is 1. The van der Waals surface area contributed by atoms with Crippen LogP contribution in [0.25, 0.3) is 6.08 Å². The van der Waals surface area contributed by atoms with Crippen LogP contribution < -0.4 is 0 Å². The Morgan fingerprint density at radius 3 is 2.67 bits per heavy atom. The molecule has 1 aliphatic carbocycles. The van der Waals surface area contributed by atoms with Crippen molar-refractivity contribution in [2.75, 3.05) is 0 Å². The van der Waals surface area contributed by atoms with Crippen molar-refractivity contribution in [2.45, 2.75) is 12.0 Å². The van der Waals surface area contributed by atoms with E-state index in [0.29, 0.717) is 0 Å². The van der Waals surface area contributed by atoms with Crippen LogP contribution in [0.1, 0.15) is 28.7 Å². The SMILES string of the molecule is OC1c2ccccc2C=CC1c1cccc(F)c1. The predicted molar refractivity (Wildman–Crippen MR) is 69.6 cm³/mol. The molecular formula is C16H13FO. The summed E-state index contributed by atoms with van der Waals surface area (Å²) in [5.74, 6) is -0.456. The van der Waals surface area contributed by atoms with Crippen molar-refractivity contribution in [3.8, 4) is 0 Å². The molecule has 2 unspecified atom stereocenters. The minimum absolute atomic E-state index is 0.185. The number of rotatable bonds is 1. The Morgan fingerprint density at radius 2 is 1.83 bits per heavy atom. The fourth-order valence-corrected chi connectivity index (χ4v) is 2.45. The molecule has 2 aromatic carbocycles. The second kappa shape index (κ2) is 4.39. The Kier molecular flexibility index (Phi) is 2.73. The van der Waals surface area contributed by atoms with Gasteiger partial charge in [-0.25, -0.2) is 4.39 Å². The van der Waals surface area contributed by atoms with Crippen molar-refractivity contribution < 1.29 is 9.50 Å². The van der Waals surface area contributed by atoms with Gasteiger partial charge in [-0.05, 0) is 28.8 Å². The molecule has 1 aliphatic rings. The zero-order valence-corrected chi connectivity index (χ0v) is 9.75. The molecule has 1 nitrogen and oxygen atoms in total. The molecule has 0 bridgehead atoms. The van der Waals surface area contributed by atoms with E-state index in [9.17, 15) is 9.50 Å². The highest BCUT2D eigenvalue weighted by Crippen LogP contribution is 2.38. The molecule has 0 spiro atoms. The van der Waals surface area contributed by atoms with Crippen molar-refractivity contribution in [1.29, 1.82) is 0 Å². The quantitative estimate of drug-likeness (QED) is 0.806. The van der Waals surface area contributed by atoms with Gasteiger partial charge in [-0.15, -0.1) is 0 Å². The van der Waals surface area contributed by atoms with Gasteiger partial charge in [0.25, 0.3) is 0 Å². The highest BCUT2D eigenvalue weighted by Gasteiger charge is 2.25. The normalized spacial score (nSPS) is 21.7. The van der Waals surface area contributed by atoms with Crippen LogP contribution in [0.15, 0.2) is 54.6 Å². The van der Waals surface area contributed by atoms with Crippen LogP contribution in [0.4, 0.5) is 4.39 Å². The fraction of sp³-hybridized carbons (Fsp3) is 0.125. The van der Waals surface area contributed by atoms with E-state index in [4.69, 9.17) is 0 Å². The first kappa shape index (κ1) is 11.2. The maximum absolute atomic E-state index is 13.2. The lowest BCUT2D eigenvalue weighted by Crippen LogP contribution is -2.13. The number of hydrogen-bond donors (Lipinski definition) is 1. The molecule has 3 rings (SSSR count). The Balaban J connectivity index is 2.03. The molecule has 0 aliphatic heterocycles. The summed E-state index contributed by atoms with van der Waals surface area (Å²) in [5, 5.41) is 10.4. The number of hydrogen-bond acceptors (Lipinski definition) is 1. The minimum Gasteiger partial charge on any atom is -0.387 e. The van der Waals surface area contributed by atoms with Crippen LogP contribution in [-0.4, -0.2) is 5.11 Å². The van der Waals surface area contributed by atoms with Gasteiger partial charge in [-0.3, -0.25) is 0 Å². The molecule has 2 heteroatoms. The van der Waals surface area contributed by atoms with Gasteiger partial charge in [0.1, 0.15) is 5.82 Å². The smallest absolute Gasteiger partial charge is 0.123 e. The molecule has 0 radical (unpaired) electrons. The van der Waals surface area contributed by atoms with E-state index < -0.39 is 6.10 Å². The lowest BCUT2D eigenvalue weighted by atomic mass is 9.83. The Bertz CT molecular complexity index is 604. The fourth-order valence-electron chi connectivity index (χ4n) is 2.45. The van der Waals surface area contributed by atoms with Crippen molar-refractivity contribution in [1.82, 2.24) is 0 Å². The molecular weight excluding hydrogens is 227 g/mol. The largest absolute Gasteiger partial charge is 0.387 e. The van der Waals surface area contributed by atoms with Gasteiger partial charge in [0, 0.05) is 5.92 Å². The Morgan fingerprint density at radius 1 is 1.00 bits per heavy atom. The minimum atomic E-state index is -0.618. The summed E-state index contributed by atoms with van der Waals surface area (Å²) < 4.78 is 13.2. The lowest BCUT2D eigenvalue weighted by Gasteiger charge is -2.26. The monoisotopic (exact) mass is 240 g/mol. The highest BCUT2D eigenvalue weighted by atomic mass is 19.1. The molecule has 0 amide bonds. The van der Waals surface area contributed by atoms with Gasteiger partial charge < -0.3 is 5.11 Å². The van der Waals surface area contributed by atoms with Gasteiger partial charge in [0.15, 0.2) is 0 Å². The number of halogens is 1. The van der Waals surface area contributed by atoms with Crippen molar-refractivity contribution in [3.05, 3.63) is 77.1 Å². The van der Waals surface area contributed by atoms with E-state index in [0.717, 1.165) is 16.7 Å². The van der Waals surface area contributed by atoms with Gasteiger partial charge in [0.2, 0.25) is 0 Å². The number of fused-ring (bicyclic) bond motifs is 1. The third-order valence-corrected chi connectivity index (χ3v) is 3.37. The Labute approximate surface area is 105 Å². The van der Waals surface area contributed by atoms with E-state index in [1.54, 1.807) is 6.07 Å². The van der Waals surface area contributed by atoms with Gasteiger partial charge >= 0.3 is 0 Å². The van der Waals surface area contributed by atoms with Crippen molar-refractivity contribution >= 4 is 6.08 Å². The van der Waals surface area contributed by atoms with E-state index in [1.165, 1.54) is 12.1 Å². The molecule has 0 heterocycles. The summed E-state index contributed by atoms with van der Waals surface area (Å²) in [5.41, 5.74) is 2.72. The van der Waals surface area contributed by atoms with Crippen LogP contribution in [-0.2, 0) is 0 Å². The highest BCUT2D eigenvalue weighted by molar-refractivity contribution is 5.59. The second-order valence-corrected chi connectivity index (χ2v) is 4.51. The first-order chi connectivity index (χ1) is 8.75. The van der Waals surface area contributed by atoms with E-state index in [2.05, 4.69) is 0 Å². The third-order valence-electron chi connectivity index (χ3n) is 3.37. The molecule has 18 heavy (non-hydrogen) atoms. The molecule has 2 atom stereocenters. The summed E-state index contributed by atoms with van der Waals surface area (Å²) >= 11 is 0. The summed E-state index contributed by atoms with van der Waals surface area (Å²) in [7, 11) is 0. The van der Waals surface area contributed by atoms with Gasteiger partial charge in [-0.1, -0.05) is 48.6 Å². The predicted octanol–water partition coefficient (Wildman–Crippen LogP) is 3.67. The molecule has 90 valence electrons. The first-order valence-corrected chi connectivity index (χ1v) is 5.96. The first-order valence-electron chi connectivity index (χ1n) is 5.96. The summed E-state index contributed by atoms with van der Waals surface area (Å²) in [6.45, 7) is 0. The summed E-state index contributed by atoms with van der Waals surface area (Å²) in [6, 6.07) is 14.1. The zero-order valence-electron chi connectivity index (χ0n) is 9.75. The van der Waals surface area contributed by atoms with E-state index >= 15 is 0 Å². The maximum atomic E-state index is 13.2. The van der Waals surface area contributed by atoms with E-state index in [-0.39, 0.29) is 11.7 Å². The van der Waals surface area contributed by atoms with Crippen LogP contribution in [0.2, 0.25) is 0 Å². The topological polar surface area (TPSA) is 20.2 Å². The molecule has 0 aromatic heterocycles. The molecule has 0 fully saturated rings. The molecule has 0 saturated carbocycles. The van der Waals surface area contributed by atoms with Crippen LogP contribution >= 0.6 is 0 Å². The Hall–Kier alpha value is -1.93.